The van der Waals surface area contributed by atoms with Gasteiger partial charge in [0.25, 0.3) is 5.91 Å². The molecular formula is C19H17NO3S. The highest BCUT2D eigenvalue weighted by molar-refractivity contribution is 7.12. The lowest BCUT2D eigenvalue weighted by molar-refractivity contribution is 0.103. The first kappa shape index (κ1) is 16.1. The Labute approximate surface area is 144 Å². The quantitative estimate of drug-likeness (QED) is 0.734. The highest BCUT2D eigenvalue weighted by Gasteiger charge is 2.16. The van der Waals surface area contributed by atoms with Crippen molar-refractivity contribution >= 4 is 22.9 Å². The normalized spacial score (nSPS) is 10.2. The molecule has 3 rings (SSSR count). The third-order valence-corrected chi connectivity index (χ3v) is 4.53. The first-order valence-corrected chi connectivity index (χ1v) is 8.27. The molecule has 0 radical (unpaired) electrons. The second-order valence-corrected chi connectivity index (χ2v) is 5.97. The predicted molar refractivity (Wildman–Crippen MR) is 97.3 cm³/mol. The zero-order valence-electron chi connectivity index (χ0n) is 13.4. The number of amides is 1. The van der Waals surface area contributed by atoms with Crippen LogP contribution in [-0.4, -0.2) is 20.1 Å². The van der Waals surface area contributed by atoms with E-state index in [0.29, 0.717) is 22.1 Å². The van der Waals surface area contributed by atoms with Crippen molar-refractivity contribution in [3.63, 3.8) is 0 Å². The van der Waals surface area contributed by atoms with Crippen molar-refractivity contribution in [1.29, 1.82) is 0 Å². The Morgan fingerprint density at radius 1 is 1.00 bits per heavy atom. The van der Waals surface area contributed by atoms with Crippen molar-refractivity contribution in [2.75, 3.05) is 19.5 Å². The van der Waals surface area contributed by atoms with Gasteiger partial charge in [0, 0.05) is 11.6 Å². The van der Waals surface area contributed by atoms with Crippen molar-refractivity contribution in [2.24, 2.45) is 0 Å². The first-order chi connectivity index (χ1) is 11.7. The van der Waals surface area contributed by atoms with E-state index in [2.05, 4.69) is 5.32 Å². The molecule has 0 atom stereocenters. The molecule has 5 heteroatoms. The number of hydrogen-bond donors (Lipinski definition) is 1. The number of rotatable bonds is 5. The molecular weight excluding hydrogens is 322 g/mol. The molecule has 0 unspecified atom stereocenters. The number of methoxy groups -OCH3 is 2. The summed E-state index contributed by atoms with van der Waals surface area (Å²) in [6.45, 7) is 0. The molecule has 122 valence electrons. The molecule has 1 aromatic heterocycles. The summed E-state index contributed by atoms with van der Waals surface area (Å²) < 4.78 is 10.5. The molecule has 0 bridgehead atoms. The van der Waals surface area contributed by atoms with Crippen LogP contribution in [0.2, 0.25) is 0 Å². The summed E-state index contributed by atoms with van der Waals surface area (Å²) in [5, 5.41) is 4.84. The van der Waals surface area contributed by atoms with Gasteiger partial charge in [0.1, 0.15) is 11.5 Å². The summed E-state index contributed by atoms with van der Waals surface area (Å²) in [5.41, 5.74) is 2.55. The molecule has 4 nitrogen and oxygen atoms in total. The van der Waals surface area contributed by atoms with Crippen molar-refractivity contribution in [2.45, 2.75) is 0 Å². The van der Waals surface area contributed by atoms with Crippen molar-refractivity contribution in [3.05, 3.63) is 64.9 Å². The third kappa shape index (κ3) is 3.26. The molecule has 24 heavy (non-hydrogen) atoms. The zero-order chi connectivity index (χ0) is 16.9. The Bertz CT molecular complexity index is 843. The standard InChI is InChI=1S/C19H17NO3S/c1-22-14-8-9-16(17(12-14)23-2)20-19(21)18-15(10-11-24-18)13-6-4-3-5-7-13/h3-12H,1-2H3,(H,20,21). The van der Waals surface area contributed by atoms with Crippen LogP contribution >= 0.6 is 11.3 Å². The van der Waals surface area contributed by atoms with Gasteiger partial charge >= 0.3 is 0 Å². The SMILES string of the molecule is COc1ccc(NC(=O)c2sccc2-c2ccccc2)c(OC)c1. The van der Waals surface area contributed by atoms with E-state index in [1.54, 1.807) is 32.4 Å². The second-order valence-electron chi connectivity index (χ2n) is 5.05. The largest absolute Gasteiger partial charge is 0.497 e. The summed E-state index contributed by atoms with van der Waals surface area (Å²) in [7, 11) is 3.15. The molecule has 3 aromatic rings. The fraction of sp³-hybridized carbons (Fsp3) is 0.105. The molecule has 0 aliphatic carbocycles. The number of thiophene rings is 1. The van der Waals surface area contributed by atoms with Gasteiger partial charge in [0.15, 0.2) is 0 Å². The fourth-order valence-electron chi connectivity index (χ4n) is 2.41. The molecule has 0 spiro atoms. The lowest BCUT2D eigenvalue weighted by Gasteiger charge is -2.12. The van der Waals surface area contributed by atoms with Crippen LogP contribution in [0, 0.1) is 0 Å². The molecule has 0 saturated heterocycles. The average molecular weight is 339 g/mol. The maximum atomic E-state index is 12.7. The van der Waals surface area contributed by atoms with E-state index in [9.17, 15) is 4.79 Å². The maximum absolute atomic E-state index is 12.7. The highest BCUT2D eigenvalue weighted by atomic mass is 32.1. The monoisotopic (exact) mass is 339 g/mol. The van der Waals surface area contributed by atoms with Gasteiger partial charge in [0.2, 0.25) is 0 Å². The van der Waals surface area contributed by atoms with Crippen LogP contribution < -0.4 is 14.8 Å². The average Bonchev–Trinajstić information content (AvgIpc) is 3.12. The van der Waals surface area contributed by atoms with Crippen molar-refractivity contribution in [1.82, 2.24) is 0 Å². The number of carbonyl (C=O) groups is 1. The number of anilines is 1. The lowest BCUT2D eigenvalue weighted by atomic mass is 10.1. The van der Waals surface area contributed by atoms with Crippen LogP contribution in [-0.2, 0) is 0 Å². The van der Waals surface area contributed by atoms with E-state index in [-0.39, 0.29) is 5.91 Å². The highest BCUT2D eigenvalue weighted by Crippen LogP contribution is 2.32. The van der Waals surface area contributed by atoms with E-state index in [1.165, 1.54) is 11.3 Å². The predicted octanol–water partition coefficient (Wildman–Crippen LogP) is 4.68. The topological polar surface area (TPSA) is 47.6 Å². The summed E-state index contributed by atoms with van der Waals surface area (Å²) >= 11 is 1.42. The molecule has 1 N–H and O–H groups in total. The summed E-state index contributed by atoms with van der Waals surface area (Å²) in [6, 6.07) is 17.1. The minimum absolute atomic E-state index is 0.160. The van der Waals surface area contributed by atoms with Crippen molar-refractivity contribution in [3.8, 4) is 22.6 Å². The number of hydrogen-bond acceptors (Lipinski definition) is 4. The van der Waals surface area contributed by atoms with Crippen LogP contribution in [0.25, 0.3) is 11.1 Å². The summed E-state index contributed by atoms with van der Waals surface area (Å²) in [5.74, 6) is 1.07. The Kier molecular flexibility index (Phi) is 4.82. The first-order valence-electron chi connectivity index (χ1n) is 7.39. The Balaban J connectivity index is 1.88. The number of benzene rings is 2. The van der Waals surface area contributed by atoms with Gasteiger partial charge in [-0.2, -0.15) is 0 Å². The Hall–Kier alpha value is -2.79. The molecule has 0 aliphatic heterocycles. The second kappa shape index (κ2) is 7.19. The van der Waals surface area contributed by atoms with Crippen molar-refractivity contribution < 1.29 is 14.3 Å². The van der Waals surface area contributed by atoms with Crippen LogP contribution in [0.5, 0.6) is 11.5 Å². The van der Waals surface area contributed by atoms with Gasteiger partial charge in [-0.25, -0.2) is 0 Å². The number of carbonyl (C=O) groups excluding carboxylic acids is 1. The molecule has 0 fully saturated rings. The smallest absolute Gasteiger partial charge is 0.266 e. The van der Waals surface area contributed by atoms with E-state index in [1.807, 2.05) is 41.8 Å². The van der Waals surface area contributed by atoms with Gasteiger partial charge in [-0.1, -0.05) is 30.3 Å². The molecule has 1 amide bonds. The van der Waals surface area contributed by atoms with Crippen LogP contribution in [0.3, 0.4) is 0 Å². The van der Waals surface area contributed by atoms with Gasteiger partial charge in [-0.15, -0.1) is 11.3 Å². The fourth-order valence-corrected chi connectivity index (χ4v) is 3.22. The van der Waals surface area contributed by atoms with Gasteiger partial charge < -0.3 is 14.8 Å². The van der Waals surface area contributed by atoms with E-state index < -0.39 is 0 Å². The number of nitrogens with one attached hydrogen (secondary N) is 1. The molecule has 0 saturated carbocycles. The van der Waals surface area contributed by atoms with Crippen LogP contribution in [0.15, 0.2) is 60.0 Å². The molecule has 0 aliphatic rings. The van der Waals surface area contributed by atoms with E-state index in [4.69, 9.17) is 9.47 Å². The lowest BCUT2D eigenvalue weighted by Crippen LogP contribution is -2.12. The number of ether oxygens (including phenoxy) is 2. The third-order valence-electron chi connectivity index (χ3n) is 3.61. The van der Waals surface area contributed by atoms with Gasteiger partial charge in [-0.3, -0.25) is 4.79 Å². The Morgan fingerprint density at radius 2 is 1.79 bits per heavy atom. The molecule has 2 aromatic carbocycles. The van der Waals surface area contributed by atoms with Crippen LogP contribution in [0.4, 0.5) is 5.69 Å². The Morgan fingerprint density at radius 3 is 2.50 bits per heavy atom. The zero-order valence-corrected chi connectivity index (χ0v) is 14.2. The minimum Gasteiger partial charge on any atom is -0.497 e. The van der Waals surface area contributed by atoms with Gasteiger partial charge in [-0.05, 0) is 29.1 Å². The minimum atomic E-state index is -0.160. The summed E-state index contributed by atoms with van der Waals surface area (Å²) in [6.07, 6.45) is 0. The maximum Gasteiger partial charge on any atom is 0.266 e. The summed E-state index contributed by atoms with van der Waals surface area (Å²) in [4.78, 5) is 13.4. The van der Waals surface area contributed by atoms with Crippen LogP contribution in [0.1, 0.15) is 9.67 Å². The van der Waals surface area contributed by atoms with E-state index >= 15 is 0 Å². The van der Waals surface area contributed by atoms with Gasteiger partial charge in [0.05, 0.1) is 24.8 Å². The molecule has 1 heterocycles. The van der Waals surface area contributed by atoms with E-state index in [0.717, 1.165) is 11.1 Å².